The van der Waals surface area contributed by atoms with Gasteiger partial charge < -0.3 is 15.4 Å². The Kier molecular flexibility index (Phi) is 4.79. The fraction of sp³-hybridized carbons (Fsp3) is 0.364. The van der Waals surface area contributed by atoms with E-state index in [9.17, 15) is 14.9 Å². The molecule has 1 aromatic carbocycles. The molecular formula is C11H16N4O4. The Morgan fingerprint density at radius 2 is 2.26 bits per heavy atom. The standard InChI is InChI=1S/C11H16N4O4/c1-7(6-16)14(2)11(17)8-3-4-10(15(18)19)9(5-8)13-12/h3-5,7,13,16H,6,12H2,1-2H3. The average Bonchev–Trinajstić information content (AvgIpc) is 2.43. The lowest BCUT2D eigenvalue weighted by molar-refractivity contribution is -0.384. The topological polar surface area (TPSA) is 122 Å². The van der Waals surface area contributed by atoms with Crippen LogP contribution in [0.1, 0.15) is 17.3 Å². The molecule has 0 aliphatic rings. The molecule has 1 unspecified atom stereocenters. The van der Waals surface area contributed by atoms with Crippen LogP contribution in [0, 0.1) is 10.1 Å². The van der Waals surface area contributed by atoms with E-state index >= 15 is 0 Å². The monoisotopic (exact) mass is 268 g/mol. The lowest BCUT2D eigenvalue weighted by Gasteiger charge is -2.23. The molecule has 0 aromatic heterocycles. The molecule has 0 radical (unpaired) electrons. The maximum absolute atomic E-state index is 12.1. The van der Waals surface area contributed by atoms with Crippen LogP contribution in [-0.2, 0) is 0 Å². The number of aliphatic hydroxyl groups excluding tert-OH is 1. The second kappa shape index (κ2) is 6.12. The third-order valence-corrected chi connectivity index (χ3v) is 2.84. The van der Waals surface area contributed by atoms with Crippen LogP contribution in [0.5, 0.6) is 0 Å². The number of nitrogens with two attached hydrogens (primary N) is 1. The molecule has 8 nitrogen and oxygen atoms in total. The maximum Gasteiger partial charge on any atom is 0.293 e. The molecule has 104 valence electrons. The van der Waals surface area contributed by atoms with E-state index in [1.165, 1.54) is 23.1 Å². The van der Waals surface area contributed by atoms with Gasteiger partial charge in [0.1, 0.15) is 5.69 Å². The van der Waals surface area contributed by atoms with Gasteiger partial charge in [-0.05, 0) is 19.1 Å². The van der Waals surface area contributed by atoms with Crippen molar-refractivity contribution < 1.29 is 14.8 Å². The van der Waals surface area contributed by atoms with E-state index in [1.54, 1.807) is 14.0 Å². The molecule has 4 N–H and O–H groups in total. The summed E-state index contributed by atoms with van der Waals surface area (Å²) < 4.78 is 0. The minimum atomic E-state index is -0.594. The van der Waals surface area contributed by atoms with Gasteiger partial charge in [0.2, 0.25) is 0 Å². The van der Waals surface area contributed by atoms with Gasteiger partial charge in [0.25, 0.3) is 11.6 Å². The van der Waals surface area contributed by atoms with E-state index in [0.717, 1.165) is 0 Å². The van der Waals surface area contributed by atoms with E-state index in [4.69, 9.17) is 10.9 Å². The number of benzene rings is 1. The lowest BCUT2D eigenvalue weighted by Crippen LogP contribution is -2.37. The number of anilines is 1. The molecule has 0 heterocycles. The van der Waals surface area contributed by atoms with E-state index in [0.29, 0.717) is 0 Å². The highest BCUT2D eigenvalue weighted by molar-refractivity contribution is 5.96. The van der Waals surface area contributed by atoms with Crippen LogP contribution in [0.25, 0.3) is 0 Å². The van der Waals surface area contributed by atoms with Gasteiger partial charge in [0, 0.05) is 18.7 Å². The lowest BCUT2D eigenvalue weighted by atomic mass is 10.1. The summed E-state index contributed by atoms with van der Waals surface area (Å²) in [5.41, 5.74) is 2.29. The number of nitro benzene ring substituents is 1. The number of nitro groups is 1. The smallest absolute Gasteiger partial charge is 0.293 e. The van der Waals surface area contributed by atoms with Crippen molar-refractivity contribution in [3.63, 3.8) is 0 Å². The number of hydrogen-bond donors (Lipinski definition) is 3. The van der Waals surface area contributed by atoms with Crippen molar-refractivity contribution in [2.24, 2.45) is 5.84 Å². The molecule has 0 aliphatic heterocycles. The van der Waals surface area contributed by atoms with Crippen molar-refractivity contribution in [2.75, 3.05) is 19.1 Å². The van der Waals surface area contributed by atoms with Gasteiger partial charge in [-0.3, -0.25) is 20.8 Å². The average molecular weight is 268 g/mol. The van der Waals surface area contributed by atoms with E-state index in [1.807, 2.05) is 0 Å². The Morgan fingerprint density at radius 3 is 2.74 bits per heavy atom. The summed E-state index contributed by atoms with van der Waals surface area (Å²) >= 11 is 0. The molecule has 0 saturated carbocycles. The normalized spacial score (nSPS) is 11.8. The zero-order valence-corrected chi connectivity index (χ0v) is 10.7. The van der Waals surface area contributed by atoms with Gasteiger partial charge in [-0.25, -0.2) is 0 Å². The fourth-order valence-electron chi connectivity index (χ4n) is 1.47. The number of rotatable bonds is 5. The van der Waals surface area contributed by atoms with E-state index in [2.05, 4.69) is 5.43 Å². The summed E-state index contributed by atoms with van der Waals surface area (Å²) in [6.07, 6.45) is 0. The summed E-state index contributed by atoms with van der Waals surface area (Å²) in [4.78, 5) is 23.6. The predicted molar refractivity (Wildman–Crippen MR) is 69.5 cm³/mol. The van der Waals surface area contributed by atoms with Crippen LogP contribution in [-0.4, -0.2) is 40.5 Å². The first kappa shape index (κ1) is 14.9. The minimum Gasteiger partial charge on any atom is -0.394 e. The summed E-state index contributed by atoms with van der Waals surface area (Å²) in [5, 5.41) is 19.7. The quantitative estimate of drug-likeness (QED) is 0.402. The number of aliphatic hydroxyl groups is 1. The molecule has 1 atom stereocenters. The highest BCUT2D eigenvalue weighted by Crippen LogP contribution is 2.25. The molecule has 0 bridgehead atoms. The molecule has 1 amide bonds. The number of nitrogens with zero attached hydrogens (tertiary/aromatic N) is 2. The van der Waals surface area contributed by atoms with Gasteiger partial charge in [0.15, 0.2) is 0 Å². The molecule has 0 fully saturated rings. The number of amides is 1. The van der Waals surface area contributed by atoms with Crippen LogP contribution >= 0.6 is 0 Å². The Hall–Kier alpha value is -2.19. The van der Waals surface area contributed by atoms with Crippen molar-refractivity contribution in [2.45, 2.75) is 13.0 Å². The van der Waals surface area contributed by atoms with Crippen molar-refractivity contribution in [1.82, 2.24) is 4.90 Å². The zero-order valence-electron chi connectivity index (χ0n) is 10.7. The Morgan fingerprint density at radius 1 is 1.63 bits per heavy atom. The summed E-state index contributed by atoms with van der Waals surface area (Å²) in [7, 11) is 1.54. The maximum atomic E-state index is 12.1. The summed E-state index contributed by atoms with van der Waals surface area (Å²) in [5.74, 6) is 4.85. The number of nitrogen functional groups attached to an aromatic ring is 1. The molecule has 0 saturated heterocycles. The van der Waals surface area contributed by atoms with E-state index in [-0.39, 0.29) is 35.5 Å². The second-order valence-electron chi connectivity index (χ2n) is 4.08. The predicted octanol–water partition coefficient (Wildman–Crippen LogP) is 0.333. The number of hydrazine groups is 1. The number of hydrogen-bond acceptors (Lipinski definition) is 6. The summed E-state index contributed by atoms with van der Waals surface area (Å²) in [6.45, 7) is 1.52. The zero-order chi connectivity index (χ0) is 14.6. The van der Waals surface area contributed by atoms with Gasteiger partial charge in [0.05, 0.1) is 17.6 Å². The number of nitrogens with one attached hydrogen (secondary N) is 1. The van der Waals surface area contributed by atoms with Crippen molar-refractivity contribution >= 4 is 17.3 Å². The van der Waals surface area contributed by atoms with E-state index < -0.39 is 4.92 Å². The molecule has 19 heavy (non-hydrogen) atoms. The van der Waals surface area contributed by atoms with Crippen LogP contribution in [0.15, 0.2) is 18.2 Å². The first-order valence-electron chi connectivity index (χ1n) is 5.55. The number of carbonyl (C=O) groups is 1. The number of carbonyl (C=O) groups excluding carboxylic acids is 1. The molecule has 1 aromatic rings. The third kappa shape index (κ3) is 3.18. The van der Waals surface area contributed by atoms with Crippen LogP contribution in [0.3, 0.4) is 0 Å². The van der Waals surface area contributed by atoms with Gasteiger partial charge in [-0.2, -0.15) is 0 Å². The molecular weight excluding hydrogens is 252 g/mol. The van der Waals surface area contributed by atoms with Gasteiger partial charge >= 0.3 is 0 Å². The van der Waals surface area contributed by atoms with Crippen molar-refractivity contribution in [3.05, 3.63) is 33.9 Å². The first-order chi connectivity index (χ1) is 8.92. The second-order valence-corrected chi connectivity index (χ2v) is 4.08. The molecule has 8 heteroatoms. The Bertz CT molecular complexity index is 492. The molecule has 1 rings (SSSR count). The van der Waals surface area contributed by atoms with Crippen LogP contribution < -0.4 is 11.3 Å². The van der Waals surface area contributed by atoms with Crippen LogP contribution in [0.4, 0.5) is 11.4 Å². The van der Waals surface area contributed by atoms with Crippen LogP contribution in [0.2, 0.25) is 0 Å². The molecule has 0 aliphatic carbocycles. The van der Waals surface area contributed by atoms with Gasteiger partial charge in [-0.15, -0.1) is 0 Å². The van der Waals surface area contributed by atoms with Gasteiger partial charge in [-0.1, -0.05) is 0 Å². The van der Waals surface area contributed by atoms with Crippen molar-refractivity contribution in [3.8, 4) is 0 Å². The SMILES string of the molecule is CC(CO)N(C)C(=O)c1ccc([N+](=O)[O-])c(NN)c1. The minimum absolute atomic E-state index is 0.0564. The first-order valence-corrected chi connectivity index (χ1v) is 5.55. The highest BCUT2D eigenvalue weighted by Gasteiger charge is 2.20. The third-order valence-electron chi connectivity index (χ3n) is 2.84. The highest BCUT2D eigenvalue weighted by atomic mass is 16.6. The van der Waals surface area contributed by atoms with Crippen molar-refractivity contribution in [1.29, 1.82) is 0 Å². The number of likely N-dealkylation sites (N-methyl/N-ethyl adjacent to an activating group) is 1. The fourth-order valence-corrected chi connectivity index (χ4v) is 1.47. The largest absolute Gasteiger partial charge is 0.394 e. The summed E-state index contributed by atoms with van der Waals surface area (Å²) in [6, 6.07) is 3.51. The Balaban J connectivity index is 3.09. The molecule has 0 spiro atoms. The Labute approximate surface area is 109 Å².